The summed E-state index contributed by atoms with van der Waals surface area (Å²) in [4.78, 5) is 15.5. The van der Waals surface area contributed by atoms with Crippen molar-refractivity contribution in [2.75, 3.05) is 25.1 Å². The van der Waals surface area contributed by atoms with Gasteiger partial charge in [0, 0.05) is 29.5 Å². The predicted molar refractivity (Wildman–Crippen MR) is 117 cm³/mol. The van der Waals surface area contributed by atoms with Crippen molar-refractivity contribution >= 4 is 23.2 Å². The molecule has 7 heteroatoms. The molecule has 1 fully saturated rings. The van der Waals surface area contributed by atoms with E-state index in [9.17, 15) is 18.0 Å². The lowest BCUT2D eigenvalue weighted by Crippen LogP contribution is -2.33. The van der Waals surface area contributed by atoms with Gasteiger partial charge in [-0.05, 0) is 78.8 Å². The number of nitrogens with zero attached hydrogens (tertiary/aromatic N) is 1. The van der Waals surface area contributed by atoms with Crippen LogP contribution in [0.1, 0.15) is 41.3 Å². The number of carbonyl (C=O) groups is 1. The van der Waals surface area contributed by atoms with Gasteiger partial charge in [-0.15, -0.1) is 0 Å². The van der Waals surface area contributed by atoms with E-state index < -0.39 is 5.51 Å². The van der Waals surface area contributed by atoms with Crippen LogP contribution in [-0.2, 0) is 12.8 Å². The quantitative estimate of drug-likeness (QED) is 0.513. The maximum atomic E-state index is 13.0. The number of rotatable bonds is 5. The Labute approximate surface area is 185 Å². The Kier molecular flexibility index (Phi) is 6.24. The van der Waals surface area contributed by atoms with E-state index in [4.69, 9.17) is 4.74 Å². The van der Waals surface area contributed by atoms with Crippen LogP contribution in [0, 0.1) is 11.8 Å². The van der Waals surface area contributed by atoms with Gasteiger partial charge in [0.2, 0.25) is 0 Å². The zero-order valence-electron chi connectivity index (χ0n) is 17.7. The second-order valence-electron chi connectivity index (χ2n) is 8.51. The summed E-state index contributed by atoms with van der Waals surface area (Å²) < 4.78 is 43.2. The van der Waals surface area contributed by atoms with Gasteiger partial charge in [0.05, 0.1) is 12.8 Å². The average Bonchev–Trinajstić information content (AvgIpc) is 3.02. The molecule has 0 saturated carbocycles. The molecule has 0 amide bonds. The maximum absolute atomic E-state index is 13.0. The fraction of sp³-hybridized carbons (Fsp3) is 0.458. The van der Waals surface area contributed by atoms with Crippen LogP contribution in [0.15, 0.2) is 41.3 Å². The SMILES string of the molecule is COc1cc2c(cc1N1CCC(C)CC1)CC(Cc1ccc(SC(F)(F)F)cc1)C2=O. The Morgan fingerprint density at radius 3 is 2.42 bits per heavy atom. The molecule has 1 aliphatic heterocycles. The van der Waals surface area contributed by atoms with E-state index in [1.54, 1.807) is 19.2 Å². The Morgan fingerprint density at radius 2 is 1.81 bits per heavy atom. The molecule has 2 aromatic rings. The number of ketones is 1. The van der Waals surface area contributed by atoms with Crippen molar-refractivity contribution in [3.8, 4) is 5.75 Å². The molecule has 0 spiro atoms. The van der Waals surface area contributed by atoms with Gasteiger partial charge in [0.1, 0.15) is 5.75 Å². The number of thioether (sulfide) groups is 1. The van der Waals surface area contributed by atoms with Crippen molar-refractivity contribution in [3.63, 3.8) is 0 Å². The fourth-order valence-electron chi connectivity index (χ4n) is 4.52. The number of anilines is 1. The van der Waals surface area contributed by atoms with Crippen molar-refractivity contribution < 1.29 is 22.7 Å². The van der Waals surface area contributed by atoms with E-state index >= 15 is 0 Å². The third kappa shape index (κ3) is 5.03. The van der Waals surface area contributed by atoms with Crippen LogP contribution >= 0.6 is 11.8 Å². The van der Waals surface area contributed by atoms with Gasteiger partial charge in [-0.3, -0.25) is 4.79 Å². The zero-order chi connectivity index (χ0) is 22.2. The highest BCUT2D eigenvalue weighted by molar-refractivity contribution is 8.00. The van der Waals surface area contributed by atoms with Crippen LogP contribution in [0.4, 0.5) is 18.9 Å². The molecule has 2 aliphatic rings. The Morgan fingerprint density at radius 1 is 1.13 bits per heavy atom. The largest absolute Gasteiger partial charge is 0.495 e. The standard InChI is InChI=1S/C24H26F3NO2S/c1-15-7-9-28(10-8-15)21-13-17-12-18(23(29)20(17)14-22(21)30-2)11-16-3-5-19(6-4-16)31-24(25,26)27/h3-6,13-15,18H,7-12H2,1-2H3. The number of Topliss-reactive ketones (excluding diaryl/α,β-unsaturated/α-hetero) is 1. The third-order valence-electron chi connectivity index (χ3n) is 6.27. The average molecular weight is 450 g/mol. The van der Waals surface area contributed by atoms with Gasteiger partial charge in [-0.1, -0.05) is 19.1 Å². The first kappa shape index (κ1) is 22.1. The number of fused-ring (bicyclic) bond motifs is 1. The smallest absolute Gasteiger partial charge is 0.446 e. The van der Waals surface area contributed by atoms with E-state index in [1.807, 2.05) is 6.07 Å². The molecule has 1 saturated heterocycles. The van der Waals surface area contributed by atoms with Crippen molar-refractivity contribution in [1.29, 1.82) is 0 Å². The van der Waals surface area contributed by atoms with Crippen molar-refractivity contribution in [2.24, 2.45) is 11.8 Å². The second-order valence-corrected chi connectivity index (χ2v) is 9.65. The minimum atomic E-state index is -4.30. The number of hydrogen-bond donors (Lipinski definition) is 0. The summed E-state index contributed by atoms with van der Waals surface area (Å²) in [6.07, 6.45) is 3.45. The first-order valence-corrected chi connectivity index (χ1v) is 11.4. The second kappa shape index (κ2) is 8.77. The molecule has 0 radical (unpaired) electrons. The van der Waals surface area contributed by atoms with Gasteiger partial charge in [-0.2, -0.15) is 13.2 Å². The molecular formula is C24H26F3NO2S. The van der Waals surface area contributed by atoms with Crippen LogP contribution in [-0.4, -0.2) is 31.5 Å². The van der Waals surface area contributed by atoms with E-state index in [0.717, 1.165) is 54.4 Å². The summed E-state index contributed by atoms with van der Waals surface area (Å²) in [7, 11) is 1.63. The number of carbonyl (C=O) groups excluding carboxylic acids is 1. The lowest BCUT2D eigenvalue weighted by Gasteiger charge is -2.33. The number of benzene rings is 2. The highest BCUT2D eigenvalue weighted by Gasteiger charge is 2.33. The van der Waals surface area contributed by atoms with Crippen LogP contribution in [0.5, 0.6) is 5.75 Å². The summed E-state index contributed by atoms with van der Waals surface area (Å²) in [5.41, 5.74) is -0.632. The number of hydrogen-bond acceptors (Lipinski definition) is 4. The van der Waals surface area contributed by atoms with Gasteiger partial charge in [0.15, 0.2) is 5.78 Å². The Hall–Kier alpha value is -2.15. The molecule has 0 aromatic heterocycles. The predicted octanol–water partition coefficient (Wildman–Crippen LogP) is 6.14. The summed E-state index contributed by atoms with van der Waals surface area (Å²) in [5.74, 6) is 1.35. The highest BCUT2D eigenvalue weighted by Crippen LogP contribution is 2.40. The molecule has 3 nitrogen and oxygen atoms in total. The van der Waals surface area contributed by atoms with E-state index in [-0.39, 0.29) is 28.4 Å². The van der Waals surface area contributed by atoms with Crippen molar-refractivity contribution in [2.45, 2.75) is 43.0 Å². The maximum Gasteiger partial charge on any atom is 0.446 e. The number of alkyl halides is 3. The van der Waals surface area contributed by atoms with E-state index in [2.05, 4.69) is 17.9 Å². The molecule has 166 valence electrons. The van der Waals surface area contributed by atoms with Crippen molar-refractivity contribution in [3.05, 3.63) is 53.1 Å². The Bertz CT molecular complexity index is 951. The lowest BCUT2D eigenvalue weighted by molar-refractivity contribution is -0.0328. The van der Waals surface area contributed by atoms with Crippen LogP contribution in [0.2, 0.25) is 0 Å². The molecule has 1 heterocycles. The monoisotopic (exact) mass is 449 g/mol. The molecule has 1 atom stereocenters. The molecule has 31 heavy (non-hydrogen) atoms. The summed E-state index contributed by atoms with van der Waals surface area (Å²) >= 11 is -0.124. The van der Waals surface area contributed by atoms with Crippen LogP contribution in [0.3, 0.4) is 0 Å². The summed E-state index contributed by atoms with van der Waals surface area (Å²) in [6.45, 7) is 4.24. The fourth-order valence-corrected chi connectivity index (χ4v) is 5.06. The number of ether oxygens (including phenoxy) is 1. The number of methoxy groups -OCH3 is 1. The first-order chi connectivity index (χ1) is 14.7. The van der Waals surface area contributed by atoms with Gasteiger partial charge >= 0.3 is 5.51 Å². The number of halogens is 3. The van der Waals surface area contributed by atoms with Gasteiger partial charge in [-0.25, -0.2) is 0 Å². The molecular weight excluding hydrogens is 423 g/mol. The van der Waals surface area contributed by atoms with Crippen LogP contribution < -0.4 is 9.64 Å². The third-order valence-corrected chi connectivity index (χ3v) is 7.01. The van der Waals surface area contributed by atoms with Gasteiger partial charge in [0.25, 0.3) is 0 Å². The minimum absolute atomic E-state index is 0.0841. The highest BCUT2D eigenvalue weighted by atomic mass is 32.2. The zero-order valence-corrected chi connectivity index (χ0v) is 18.5. The van der Waals surface area contributed by atoms with E-state index in [1.165, 1.54) is 12.1 Å². The van der Waals surface area contributed by atoms with Gasteiger partial charge < -0.3 is 9.64 Å². The molecule has 1 unspecified atom stereocenters. The molecule has 0 bridgehead atoms. The van der Waals surface area contributed by atoms with Crippen molar-refractivity contribution in [1.82, 2.24) is 0 Å². The Balaban J connectivity index is 1.50. The first-order valence-electron chi connectivity index (χ1n) is 10.6. The molecule has 0 N–H and O–H groups in total. The molecule has 1 aliphatic carbocycles. The lowest BCUT2D eigenvalue weighted by atomic mass is 9.96. The summed E-state index contributed by atoms with van der Waals surface area (Å²) in [5, 5.41) is 0. The minimum Gasteiger partial charge on any atom is -0.495 e. The van der Waals surface area contributed by atoms with E-state index in [0.29, 0.717) is 18.4 Å². The summed E-state index contributed by atoms with van der Waals surface area (Å²) in [6, 6.07) is 10.3. The molecule has 4 rings (SSSR count). The molecule has 2 aromatic carbocycles. The number of piperidine rings is 1. The topological polar surface area (TPSA) is 29.5 Å². The normalized spacial score (nSPS) is 19.6. The van der Waals surface area contributed by atoms with Crippen LogP contribution in [0.25, 0.3) is 0 Å².